The Morgan fingerprint density at radius 3 is 1.80 bits per heavy atom. The Labute approximate surface area is 211 Å². The maximum atomic E-state index is 11.3. The smallest absolute Gasteiger partial charge is 0.870 e. The number of fused-ring (bicyclic) bond motifs is 2. The van der Waals surface area contributed by atoms with E-state index < -0.39 is 5.97 Å². The van der Waals surface area contributed by atoms with Crippen molar-refractivity contribution < 1.29 is 59.6 Å². The average molecular weight is 503 g/mol. The molecule has 0 aliphatic heterocycles. The first-order chi connectivity index (χ1) is 13.4. The maximum Gasteiger partial charge on any atom is 1.00 e. The number of halogens is 2. The number of carboxylic acid groups (broad SMARTS) is 1. The van der Waals surface area contributed by atoms with Crippen LogP contribution in [0, 0.1) is 0 Å². The summed E-state index contributed by atoms with van der Waals surface area (Å²) in [7, 11) is 1.00. The summed E-state index contributed by atoms with van der Waals surface area (Å²) in [5, 5.41) is 17.4. The Hall–Kier alpha value is -1.08. The quantitative estimate of drug-likeness (QED) is 0.249. The largest absolute Gasteiger partial charge is 1.00 e. The molecule has 0 radical (unpaired) electrons. The number of thiophene rings is 2. The number of carboxylic acids is 1. The Balaban J connectivity index is 0.000000492. The van der Waals surface area contributed by atoms with Gasteiger partial charge in [-0.15, -0.1) is 22.7 Å². The molecule has 0 amide bonds. The molecule has 0 bridgehead atoms. The van der Waals surface area contributed by atoms with Crippen molar-refractivity contribution in [1.82, 2.24) is 9.97 Å². The van der Waals surface area contributed by atoms with Gasteiger partial charge in [0.1, 0.15) is 21.0 Å². The van der Waals surface area contributed by atoms with Crippen molar-refractivity contribution in [2.75, 3.05) is 13.7 Å². The zero-order valence-electron chi connectivity index (χ0n) is 16.2. The van der Waals surface area contributed by atoms with Crippen molar-refractivity contribution in [3.63, 3.8) is 0 Å². The van der Waals surface area contributed by atoms with E-state index >= 15 is 0 Å². The van der Waals surface area contributed by atoms with Gasteiger partial charge in [0.15, 0.2) is 0 Å². The van der Waals surface area contributed by atoms with Gasteiger partial charge in [-0.25, -0.2) is 9.59 Å². The molecule has 0 saturated carbocycles. The van der Waals surface area contributed by atoms with Crippen molar-refractivity contribution in [2.24, 2.45) is 0 Å². The number of aromatic carboxylic acids is 1. The third-order valence-electron chi connectivity index (χ3n) is 3.28. The predicted molar refractivity (Wildman–Crippen MR) is 115 cm³/mol. The predicted octanol–water partition coefficient (Wildman–Crippen LogP) is 2.08. The van der Waals surface area contributed by atoms with E-state index in [2.05, 4.69) is 9.97 Å². The molecule has 5 N–H and O–H groups in total. The van der Waals surface area contributed by atoms with E-state index in [1.807, 2.05) is 6.07 Å². The van der Waals surface area contributed by atoms with Crippen LogP contribution in [-0.4, -0.2) is 51.3 Å². The molecule has 0 aliphatic rings. The van der Waals surface area contributed by atoms with Gasteiger partial charge in [0.05, 0.1) is 15.3 Å². The first kappa shape index (κ1) is 28.9. The molecule has 0 spiro atoms. The van der Waals surface area contributed by atoms with E-state index in [0.717, 1.165) is 27.5 Å². The van der Waals surface area contributed by atoms with Gasteiger partial charge in [0, 0.05) is 17.9 Å². The fourth-order valence-corrected chi connectivity index (χ4v) is 4.47. The molecule has 0 fully saturated rings. The minimum atomic E-state index is -0.950. The summed E-state index contributed by atoms with van der Waals surface area (Å²) in [5.41, 5.74) is 0.678. The molecule has 0 saturated heterocycles. The van der Waals surface area contributed by atoms with Crippen LogP contribution >= 0.6 is 45.9 Å². The normalized spacial score (nSPS) is 9.50. The number of carbonyl (C=O) groups excluding carboxylic acids is 1. The van der Waals surface area contributed by atoms with E-state index in [1.54, 1.807) is 25.1 Å². The fourth-order valence-electron chi connectivity index (χ4n) is 2.22. The Morgan fingerprint density at radius 1 is 0.967 bits per heavy atom. The van der Waals surface area contributed by atoms with Crippen LogP contribution in [0.4, 0.5) is 0 Å². The summed E-state index contributed by atoms with van der Waals surface area (Å²) in [6, 6.07) is 6.88. The molecule has 4 aromatic rings. The molecule has 4 rings (SSSR count). The van der Waals surface area contributed by atoms with Gasteiger partial charge in [-0.3, -0.25) is 0 Å². The van der Waals surface area contributed by atoms with Gasteiger partial charge < -0.3 is 30.4 Å². The second kappa shape index (κ2) is 13.4. The summed E-state index contributed by atoms with van der Waals surface area (Å²) in [4.78, 5) is 29.2. The summed E-state index contributed by atoms with van der Waals surface area (Å²) < 4.78 is 6.23. The molecule has 30 heavy (non-hydrogen) atoms. The second-order valence-electron chi connectivity index (χ2n) is 5.06. The second-order valence-corrected chi connectivity index (χ2v) is 8.43. The standard InChI is InChI=1S/C9H8ClNO2S.C7H4ClNO2S.CH4O.Na.H2O/c1-2-13-9(12)6-3-5-4-7(10)14-8(5)11-6;8-5-2-3-1-4(7(10)11)9-6(3)12-5;1-2;;/h3-4,11H,2H2,1H3;1-2,9H,(H,10,11);2H,1H3;;1H2/q;;;+1;/p-1. The van der Waals surface area contributed by atoms with Crippen LogP contribution in [0.2, 0.25) is 8.67 Å². The van der Waals surface area contributed by atoms with Crippen molar-refractivity contribution in [1.29, 1.82) is 0 Å². The van der Waals surface area contributed by atoms with Gasteiger partial charge in [-0.05, 0) is 31.2 Å². The van der Waals surface area contributed by atoms with Crippen molar-refractivity contribution in [2.45, 2.75) is 6.92 Å². The number of esters is 1. The van der Waals surface area contributed by atoms with Crippen molar-refractivity contribution in [3.05, 3.63) is 44.3 Å². The molecule has 158 valence electrons. The van der Waals surface area contributed by atoms with E-state index in [0.29, 0.717) is 21.0 Å². The summed E-state index contributed by atoms with van der Waals surface area (Å²) >= 11 is 14.3. The number of ether oxygens (including phenoxy) is 1. The number of hydrogen-bond acceptors (Lipinski definition) is 7. The minimum absolute atomic E-state index is 0. The molecule has 0 aliphatic carbocycles. The monoisotopic (exact) mass is 502 g/mol. The molecule has 4 heterocycles. The van der Waals surface area contributed by atoms with Gasteiger partial charge in [-0.1, -0.05) is 23.2 Å². The molecule has 13 heteroatoms. The first-order valence-electron chi connectivity index (χ1n) is 7.78. The summed E-state index contributed by atoms with van der Waals surface area (Å²) in [6.07, 6.45) is 0. The SMILES string of the molecule is CCOC(=O)c1cc2cc(Cl)sc2[nH]1.CO.O=C(O)c1cc2cc(Cl)sc2[nH]1.[Na+].[OH-]. The van der Waals surface area contributed by atoms with Crippen LogP contribution in [-0.2, 0) is 4.74 Å². The maximum absolute atomic E-state index is 11.3. The molecule has 0 unspecified atom stereocenters. The number of aliphatic hydroxyl groups excluding tert-OH is 1. The Morgan fingerprint density at radius 2 is 1.40 bits per heavy atom. The number of aliphatic hydroxyl groups is 1. The van der Waals surface area contributed by atoms with Gasteiger partial charge >= 0.3 is 41.5 Å². The molecule has 4 aromatic heterocycles. The van der Waals surface area contributed by atoms with Crippen molar-refractivity contribution in [3.8, 4) is 0 Å². The topological polar surface area (TPSA) is 145 Å². The van der Waals surface area contributed by atoms with Crippen molar-refractivity contribution >= 4 is 78.2 Å². The number of hydrogen-bond donors (Lipinski definition) is 4. The molecule has 8 nitrogen and oxygen atoms in total. The molecule has 0 atom stereocenters. The Bertz CT molecular complexity index is 1040. The van der Waals surface area contributed by atoms with E-state index in [9.17, 15) is 9.59 Å². The van der Waals surface area contributed by atoms with Gasteiger partial charge in [0.25, 0.3) is 0 Å². The van der Waals surface area contributed by atoms with E-state index in [4.69, 9.17) is 38.2 Å². The number of aromatic amines is 2. The van der Waals surface area contributed by atoms with Crippen LogP contribution in [0.1, 0.15) is 27.9 Å². The minimum Gasteiger partial charge on any atom is -0.870 e. The number of H-pyrrole nitrogens is 2. The zero-order chi connectivity index (χ0) is 20.8. The molecular formula is C17H17Cl2N2NaO6S2. The third-order valence-corrected chi connectivity index (χ3v) is 5.67. The number of aromatic nitrogens is 2. The van der Waals surface area contributed by atoms with E-state index in [-0.39, 0.29) is 46.7 Å². The molecular weight excluding hydrogens is 486 g/mol. The fraction of sp³-hybridized carbons (Fsp3) is 0.176. The van der Waals surface area contributed by atoms with E-state index in [1.165, 1.54) is 22.7 Å². The van der Waals surface area contributed by atoms with Crippen LogP contribution in [0.25, 0.3) is 20.4 Å². The summed E-state index contributed by atoms with van der Waals surface area (Å²) in [6.45, 7) is 2.16. The number of nitrogens with one attached hydrogen (secondary N) is 2. The third kappa shape index (κ3) is 7.26. The van der Waals surface area contributed by atoms with Crippen LogP contribution < -0.4 is 29.6 Å². The van der Waals surface area contributed by atoms with Crippen LogP contribution in [0.15, 0.2) is 24.3 Å². The van der Waals surface area contributed by atoms with Gasteiger partial charge in [0.2, 0.25) is 0 Å². The zero-order valence-corrected chi connectivity index (χ0v) is 21.3. The number of rotatable bonds is 3. The first-order valence-corrected chi connectivity index (χ1v) is 10.2. The van der Waals surface area contributed by atoms with Crippen LogP contribution in [0.5, 0.6) is 0 Å². The number of carbonyl (C=O) groups is 2. The van der Waals surface area contributed by atoms with Crippen LogP contribution in [0.3, 0.4) is 0 Å². The summed E-state index contributed by atoms with van der Waals surface area (Å²) in [5.74, 6) is -1.28. The Kier molecular flexibility index (Phi) is 12.9. The van der Waals surface area contributed by atoms with Gasteiger partial charge in [-0.2, -0.15) is 0 Å². The molecule has 0 aromatic carbocycles. The average Bonchev–Trinajstić information content (AvgIpc) is 3.36.